The van der Waals surface area contributed by atoms with Crippen LogP contribution in [0, 0.1) is 11.3 Å². The molecule has 1 unspecified atom stereocenters. The molecule has 0 aromatic heterocycles. The summed E-state index contributed by atoms with van der Waals surface area (Å²) in [6, 6.07) is 11.2. The summed E-state index contributed by atoms with van der Waals surface area (Å²) in [5, 5.41) is 10.8. The van der Waals surface area contributed by atoms with Crippen molar-refractivity contribution < 1.29 is 19.2 Å². The Bertz CT molecular complexity index is 709. The molecule has 7 nitrogen and oxygen atoms in total. The minimum Gasteiger partial charge on any atom is -0.459 e. The van der Waals surface area contributed by atoms with E-state index in [-0.39, 0.29) is 37.1 Å². The van der Waals surface area contributed by atoms with Gasteiger partial charge in [-0.05, 0) is 39.2 Å². The van der Waals surface area contributed by atoms with Crippen LogP contribution in [0.5, 0.6) is 0 Å². The number of hydrogen-bond donors (Lipinski definition) is 0. The van der Waals surface area contributed by atoms with E-state index in [0.717, 1.165) is 5.56 Å². The summed E-state index contributed by atoms with van der Waals surface area (Å²) in [4.78, 5) is 31.9. The molecule has 0 aliphatic carbocycles. The molecule has 0 spiro atoms. The average Bonchev–Trinajstić information content (AvgIpc) is 2.61. The summed E-state index contributed by atoms with van der Waals surface area (Å²) in [5.41, 5.74) is 0.378. The Balaban J connectivity index is 2.03. The van der Waals surface area contributed by atoms with E-state index in [1.165, 1.54) is 12.0 Å². The van der Waals surface area contributed by atoms with Gasteiger partial charge in [0.05, 0.1) is 24.7 Å². The Hall–Kier alpha value is -2.43. The highest BCUT2D eigenvalue weighted by Crippen LogP contribution is 2.22. The van der Waals surface area contributed by atoms with E-state index < -0.39 is 5.60 Å². The van der Waals surface area contributed by atoms with Gasteiger partial charge in [-0.2, -0.15) is 5.26 Å². The van der Waals surface area contributed by atoms with Gasteiger partial charge in [-0.25, -0.2) is 5.06 Å². The first-order chi connectivity index (χ1) is 13.2. The first kappa shape index (κ1) is 21.9. The second kappa shape index (κ2) is 9.67. The number of carbonyl (C=O) groups is 2. The predicted molar refractivity (Wildman–Crippen MR) is 104 cm³/mol. The van der Waals surface area contributed by atoms with Gasteiger partial charge in [0.25, 0.3) is 0 Å². The van der Waals surface area contributed by atoms with E-state index in [0.29, 0.717) is 19.4 Å². The number of piperidine rings is 1. The summed E-state index contributed by atoms with van der Waals surface area (Å²) < 4.78 is 5.38. The van der Waals surface area contributed by atoms with Gasteiger partial charge in [0, 0.05) is 13.5 Å². The van der Waals surface area contributed by atoms with E-state index in [2.05, 4.69) is 6.07 Å². The first-order valence-corrected chi connectivity index (χ1v) is 9.52. The lowest BCUT2D eigenvalue weighted by atomic mass is 9.98. The van der Waals surface area contributed by atoms with Gasteiger partial charge in [0.1, 0.15) is 12.2 Å². The Morgan fingerprint density at radius 2 is 1.93 bits per heavy atom. The topological polar surface area (TPSA) is 82.9 Å². The molecule has 1 heterocycles. The number of carbonyl (C=O) groups excluding carboxylic acids is 2. The zero-order valence-corrected chi connectivity index (χ0v) is 17.1. The Morgan fingerprint density at radius 3 is 2.50 bits per heavy atom. The Kier molecular flexibility index (Phi) is 7.55. The van der Waals surface area contributed by atoms with Crippen molar-refractivity contribution in [1.82, 2.24) is 9.96 Å². The molecule has 1 aromatic carbocycles. The SMILES string of the molecule is CC(=O)N(OCc1ccccc1)C1CC[C@@H](C#N)N(CC(=O)OC(C)(C)C)C1. The van der Waals surface area contributed by atoms with Crippen LogP contribution in [0.3, 0.4) is 0 Å². The molecule has 0 radical (unpaired) electrons. The lowest BCUT2D eigenvalue weighted by Gasteiger charge is -2.40. The van der Waals surface area contributed by atoms with Gasteiger partial charge in [0.15, 0.2) is 0 Å². The maximum Gasteiger partial charge on any atom is 0.320 e. The number of ether oxygens (including phenoxy) is 1. The van der Waals surface area contributed by atoms with Crippen LogP contribution < -0.4 is 0 Å². The van der Waals surface area contributed by atoms with Crippen molar-refractivity contribution in [3.8, 4) is 6.07 Å². The summed E-state index contributed by atoms with van der Waals surface area (Å²) >= 11 is 0. The largest absolute Gasteiger partial charge is 0.459 e. The first-order valence-electron chi connectivity index (χ1n) is 9.52. The highest BCUT2D eigenvalue weighted by molar-refractivity contribution is 5.73. The maximum atomic E-state index is 12.2. The summed E-state index contributed by atoms with van der Waals surface area (Å²) in [6.07, 6.45) is 1.19. The van der Waals surface area contributed by atoms with Gasteiger partial charge in [0.2, 0.25) is 5.91 Å². The molecule has 1 saturated heterocycles. The highest BCUT2D eigenvalue weighted by Gasteiger charge is 2.35. The average molecular weight is 387 g/mol. The van der Waals surface area contributed by atoms with Gasteiger partial charge >= 0.3 is 5.97 Å². The molecular weight excluding hydrogens is 358 g/mol. The van der Waals surface area contributed by atoms with Crippen molar-refractivity contribution in [2.45, 2.75) is 64.8 Å². The van der Waals surface area contributed by atoms with E-state index >= 15 is 0 Å². The Morgan fingerprint density at radius 1 is 1.25 bits per heavy atom. The number of amides is 1. The standard InChI is InChI=1S/C21H29N3O4/c1-16(25)24(27-15-17-8-6-5-7-9-17)19-11-10-18(12-22)23(13-19)14-20(26)28-21(2,3)4/h5-9,18-19H,10-11,13-15H2,1-4H3/t18-,19?/m0/s1. The van der Waals surface area contributed by atoms with Crippen molar-refractivity contribution in [1.29, 1.82) is 5.26 Å². The van der Waals surface area contributed by atoms with Crippen molar-refractivity contribution in [3.63, 3.8) is 0 Å². The molecule has 0 N–H and O–H groups in total. The third-order valence-electron chi connectivity index (χ3n) is 4.42. The number of esters is 1. The van der Waals surface area contributed by atoms with Crippen LogP contribution in [-0.4, -0.2) is 52.6 Å². The molecule has 0 saturated carbocycles. The minimum atomic E-state index is -0.585. The fraction of sp³-hybridized carbons (Fsp3) is 0.571. The van der Waals surface area contributed by atoms with E-state index in [1.807, 2.05) is 30.3 Å². The summed E-state index contributed by atoms with van der Waals surface area (Å²) in [6.45, 7) is 7.55. The molecule has 1 aromatic rings. The molecule has 1 aliphatic heterocycles. The lowest BCUT2D eigenvalue weighted by molar-refractivity contribution is -0.210. The smallest absolute Gasteiger partial charge is 0.320 e. The van der Waals surface area contributed by atoms with Crippen molar-refractivity contribution in [3.05, 3.63) is 35.9 Å². The zero-order chi connectivity index (χ0) is 20.7. The number of likely N-dealkylation sites (tertiary alicyclic amines) is 1. The second-order valence-electron chi connectivity index (χ2n) is 8.00. The van der Waals surface area contributed by atoms with E-state index in [9.17, 15) is 14.9 Å². The number of benzene rings is 1. The van der Waals surface area contributed by atoms with E-state index in [1.54, 1.807) is 25.7 Å². The van der Waals surface area contributed by atoms with Crippen molar-refractivity contribution >= 4 is 11.9 Å². The quantitative estimate of drug-likeness (QED) is 0.551. The third kappa shape index (κ3) is 6.63. The molecule has 152 valence electrons. The van der Waals surface area contributed by atoms with Gasteiger partial charge in [-0.15, -0.1) is 0 Å². The van der Waals surface area contributed by atoms with E-state index in [4.69, 9.17) is 9.57 Å². The molecule has 1 fully saturated rings. The molecule has 1 amide bonds. The van der Waals surface area contributed by atoms with Crippen LogP contribution in [0.2, 0.25) is 0 Å². The highest BCUT2D eigenvalue weighted by atomic mass is 16.7. The van der Waals surface area contributed by atoms with Crippen LogP contribution in [0.4, 0.5) is 0 Å². The number of rotatable bonds is 6. The maximum absolute atomic E-state index is 12.2. The van der Waals surface area contributed by atoms with Crippen molar-refractivity contribution in [2.24, 2.45) is 0 Å². The monoisotopic (exact) mass is 387 g/mol. The fourth-order valence-electron chi connectivity index (χ4n) is 3.25. The number of nitriles is 1. The van der Waals surface area contributed by atoms with Gasteiger partial charge in [-0.1, -0.05) is 30.3 Å². The van der Waals surface area contributed by atoms with Gasteiger partial charge in [-0.3, -0.25) is 19.3 Å². The minimum absolute atomic E-state index is 0.0103. The second-order valence-corrected chi connectivity index (χ2v) is 8.00. The van der Waals surface area contributed by atoms with Crippen LogP contribution in [0.15, 0.2) is 30.3 Å². The lowest BCUT2D eigenvalue weighted by Crippen LogP contribution is -2.54. The molecule has 28 heavy (non-hydrogen) atoms. The summed E-state index contributed by atoms with van der Waals surface area (Å²) in [7, 11) is 0. The summed E-state index contributed by atoms with van der Waals surface area (Å²) in [5.74, 6) is -0.582. The van der Waals surface area contributed by atoms with Crippen LogP contribution in [0.1, 0.15) is 46.1 Å². The number of hydroxylamine groups is 2. The van der Waals surface area contributed by atoms with Crippen LogP contribution >= 0.6 is 0 Å². The number of nitrogens with zero attached hydrogens (tertiary/aromatic N) is 3. The predicted octanol–water partition coefficient (Wildman–Crippen LogP) is 2.66. The molecule has 0 bridgehead atoms. The molecule has 7 heteroatoms. The molecule has 2 atom stereocenters. The molecule has 1 aliphatic rings. The molecular formula is C21H29N3O4. The van der Waals surface area contributed by atoms with Crippen molar-refractivity contribution in [2.75, 3.05) is 13.1 Å². The van der Waals surface area contributed by atoms with Gasteiger partial charge < -0.3 is 4.74 Å². The Labute approximate surface area is 166 Å². The zero-order valence-electron chi connectivity index (χ0n) is 17.1. The van der Waals surface area contributed by atoms with Crippen LogP contribution in [-0.2, 0) is 25.8 Å². The fourth-order valence-corrected chi connectivity index (χ4v) is 3.25. The number of hydrogen-bond acceptors (Lipinski definition) is 6. The third-order valence-corrected chi connectivity index (χ3v) is 4.42. The molecule has 2 rings (SSSR count). The normalized spacial score (nSPS) is 20.2. The van der Waals surface area contributed by atoms with Crippen LogP contribution in [0.25, 0.3) is 0 Å².